The molecule has 0 heterocycles. The van der Waals surface area contributed by atoms with E-state index in [-0.39, 0.29) is 5.41 Å². The molecule has 0 spiro atoms. The summed E-state index contributed by atoms with van der Waals surface area (Å²) in [5, 5.41) is 8.75. The normalized spacial score (nSPS) is 11.3. The summed E-state index contributed by atoms with van der Waals surface area (Å²) < 4.78 is 0. The molecule has 0 aromatic heterocycles. The van der Waals surface area contributed by atoms with Crippen molar-refractivity contribution in [3.05, 3.63) is 0 Å². The van der Waals surface area contributed by atoms with Crippen molar-refractivity contribution in [3.8, 4) is 0 Å². The van der Waals surface area contributed by atoms with E-state index in [0.717, 1.165) is 6.42 Å². The SMILES string of the molecule is CN(N)C(=N)CC(C)(C)C. The van der Waals surface area contributed by atoms with Gasteiger partial charge < -0.3 is 5.01 Å². The lowest BCUT2D eigenvalue weighted by atomic mass is 9.92. The smallest absolute Gasteiger partial charge is 0.110 e. The second-order valence-corrected chi connectivity index (χ2v) is 3.80. The van der Waals surface area contributed by atoms with Gasteiger partial charge in [-0.3, -0.25) is 5.41 Å². The first-order valence-electron chi connectivity index (χ1n) is 3.39. The van der Waals surface area contributed by atoms with Crippen LogP contribution in [-0.4, -0.2) is 17.9 Å². The Balaban J connectivity index is 3.81. The molecule has 0 saturated heterocycles. The lowest BCUT2D eigenvalue weighted by Crippen LogP contribution is -2.34. The van der Waals surface area contributed by atoms with Crippen LogP contribution in [-0.2, 0) is 0 Å². The molecular formula is C7H17N3. The van der Waals surface area contributed by atoms with Gasteiger partial charge in [0.25, 0.3) is 0 Å². The summed E-state index contributed by atoms with van der Waals surface area (Å²) in [4.78, 5) is 0. The third-order valence-electron chi connectivity index (χ3n) is 1.12. The third kappa shape index (κ3) is 4.32. The van der Waals surface area contributed by atoms with Crippen LogP contribution in [0.4, 0.5) is 0 Å². The van der Waals surface area contributed by atoms with Crippen LogP contribution in [0, 0.1) is 10.8 Å². The molecule has 3 N–H and O–H groups in total. The fourth-order valence-corrected chi connectivity index (χ4v) is 0.627. The van der Waals surface area contributed by atoms with Crippen LogP contribution < -0.4 is 5.84 Å². The van der Waals surface area contributed by atoms with Crippen molar-refractivity contribution in [1.82, 2.24) is 5.01 Å². The highest BCUT2D eigenvalue weighted by molar-refractivity contribution is 5.78. The van der Waals surface area contributed by atoms with Crippen molar-refractivity contribution in [1.29, 1.82) is 5.41 Å². The number of nitrogens with zero attached hydrogens (tertiary/aromatic N) is 1. The monoisotopic (exact) mass is 143 g/mol. The van der Waals surface area contributed by atoms with Crippen LogP contribution in [0.3, 0.4) is 0 Å². The van der Waals surface area contributed by atoms with Crippen molar-refractivity contribution in [2.75, 3.05) is 7.05 Å². The van der Waals surface area contributed by atoms with Gasteiger partial charge in [-0.05, 0) is 5.41 Å². The first kappa shape index (κ1) is 9.43. The fraction of sp³-hybridized carbons (Fsp3) is 0.857. The van der Waals surface area contributed by atoms with E-state index >= 15 is 0 Å². The summed E-state index contributed by atoms with van der Waals surface area (Å²) >= 11 is 0. The highest BCUT2D eigenvalue weighted by Gasteiger charge is 2.14. The van der Waals surface area contributed by atoms with Gasteiger partial charge in [-0.25, -0.2) is 5.84 Å². The first-order chi connectivity index (χ1) is 4.33. The maximum absolute atomic E-state index is 7.40. The van der Waals surface area contributed by atoms with Gasteiger partial charge in [-0.15, -0.1) is 0 Å². The minimum atomic E-state index is 0.157. The lowest BCUT2D eigenvalue weighted by molar-refractivity contribution is 0.400. The number of hydrogen-bond donors (Lipinski definition) is 2. The van der Waals surface area contributed by atoms with E-state index < -0.39 is 0 Å². The van der Waals surface area contributed by atoms with Gasteiger partial charge >= 0.3 is 0 Å². The Morgan fingerprint density at radius 3 is 2.00 bits per heavy atom. The average Bonchev–Trinajstić information content (AvgIpc) is 1.60. The van der Waals surface area contributed by atoms with E-state index in [0.29, 0.717) is 5.84 Å². The summed E-state index contributed by atoms with van der Waals surface area (Å²) in [7, 11) is 1.69. The number of amidine groups is 1. The molecular weight excluding hydrogens is 126 g/mol. The number of hydrogen-bond acceptors (Lipinski definition) is 2. The molecule has 60 valence electrons. The molecule has 0 rings (SSSR count). The zero-order chi connectivity index (χ0) is 8.36. The number of hydrazine groups is 1. The molecule has 0 aliphatic heterocycles. The van der Waals surface area contributed by atoms with Crippen molar-refractivity contribution in [3.63, 3.8) is 0 Å². The van der Waals surface area contributed by atoms with Gasteiger partial charge in [0, 0.05) is 13.5 Å². The molecule has 3 nitrogen and oxygen atoms in total. The maximum Gasteiger partial charge on any atom is 0.110 e. The van der Waals surface area contributed by atoms with Crippen molar-refractivity contribution in [2.45, 2.75) is 27.2 Å². The molecule has 0 aromatic carbocycles. The fourth-order valence-electron chi connectivity index (χ4n) is 0.627. The zero-order valence-corrected chi connectivity index (χ0v) is 7.23. The molecule has 0 aliphatic carbocycles. The van der Waals surface area contributed by atoms with Gasteiger partial charge in [-0.2, -0.15) is 0 Å². The van der Waals surface area contributed by atoms with Crippen LogP contribution in [0.5, 0.6) is 0 Å². The Bertz CT molecular complexity index is 121. The second-order valence-electron chi connectivity index (χ2n) is 3.80. The minimum absolute atomic E-state index is 0.157. The van der Waals surface area contributed by atoms with E-state index in [9.17, 15) is 0 Å². The molecule has 0 amide bonds. The molecule has 0 aliphatic rings. The molecule has 0 atom stereocenters. The Morgan fingerprint density at radius 2 is 1.90 bits per heavy atom. The van der Waals surface area contributed by atoms with E-state index in [4.69, 9.17) is 11.3 Å². The van der Waals surface area contributed by atoms with E-state index in [1.807, 2.05) is 0 Å². The third-order valence-corrected chi connectivity index (χ3v) is 1.12. The predicted octanol–water partition coefficient (Wildman–Crippen LogP) is 1.21. The summed E-state index contributed by atoms with van der Waals surface area (Å²) in [5.74, 6) is 5.83. The van der Waals surface area contributed by atoms with Crippen LogP contribution in [0.25, 0.3) is 0 Å². The minimum Gasteiger partial charge on any atom is -0.302 e. The van der Waals surface area contributed by atoms with Crippen LogP contribution in [0.1, 0.15) is 27.2 Å². The van der Waals surface area contributed by atoms with Crippen molar-refractivity contribution >= 4 is 5.84 Å². The molecule has 0 radical (unpaired) electrons. The van der Waals surface area contributed by atoms with Gasteiger partial charge in [0.05, 0.1) is 0 Å². The van der Waals surface area contributed by atoms with Gasteiger partial charge in [0.15, 0.2) is 0 Å². The van der Waals surface area contributed by atoms with E-state index in [2.05, 4.69) is 20.8 Å². The van der Waals surface area contributed by atoms with Gasteiger partial charge in [-0.1, -0.05) is 20.8 Å². The Morgan fingerprint density at radius 1 is 1.50 bits per heavy atom. The van der Waals surface area contributed by atoms with Crippen molar-refractivity contribution in [2.24, 2.45) is 11.3 Å². The molecule has 10 heavy (non-hydrogen) atoms. The predicted molar refractivity (Wildman–Crippen MR) is 43.7 cm³/mol. The lowest BCUT2D eigenvalue weighted by Gasteiger charge is -2.22. The Kier molecular flexibility index (Phi) is 2.84. The van der Waals surface area contributed by atoms with E-state index in [1.54, 1.807) is 7.05 Å². The highest BCUT2D eigenvalue weighted by Crippen LogP contribution is 2.18. The van der Waals surface area contributed by atoms with Gasteiger partial charge in [0.1, 0.15) is 5.84 Å². The summed E-state index contributed by atoms with van der Waals surface area (Å²) in [5.41, 5.74) is 0.157. The molecule has 3 heteroatoms. The van der Waals surface area contributed by atoms with Crippen molar-refractivity contribution < 1.29 is 0 Å². The quantitative estimate of drug-likeness (QED) is 0.251. The molecule has 0 bridgehead atoms. The summed E-state index contributed by atoms with van der Waals surface area (Å²) in [6.45, 7) is 6.26. The first-order valence-corrected chi connectivity index (χ1v) is 3.39. The molecule has 0 aromatic rings. The standard InChI is InChI=1S/C7H17N3/c1-7(2,3)5-6(8)10(4)9/h8H,5,9H2,1-4H3. The molecule has 0 fully saturated rings. The molecule has 0 saturated carbocycles. The topological polar surface area (TPSA) is 53.1 Å². The maximum atomic E-state index is 7.40. The second kappa shape index (κ2) is 3.01. The van der Waals surface area contributed by atoms with Gasteiger partial charge in [0.2, 0.25) is 0 Å². The largest absolute Gasteiger partial charge is 0.302 e. The van der Waals surface area contributed by atoms with E-state index in [1.165, 1.54) is 5.01 Å². The number of rotatable bonds is 1. The highest BCUT2D eigenvalue weighted by atomic mass is 15.4. The molecule has 0 unspecified atom stereocenters. The number of nitrogens with two attached hydrogens (primary N) is 1. The summed E-state index contributed by atoms with van der Waals surface area (Å²) in [6.07, 6.45) is 0.722. The van der Waals surface area contributed by atoms with Crippen LogP contribution in [0.15, 0.2) is 0 Å². The van der Waals surface area contributed by atoms with Crippen LogP contribution >= 0.6 is 0 Å². The Hall–Kier alpha value is -0.570. The average molecular weight is 143 g/mol. The number of nitrogens with one attached hydrogen (secondary N) is 1. The van der Waals surface area contributed by atoms with Crippen LogP contribution in [0.2, 0.25) is 0 Å². The zero-order valence-electron chi connectivity index (χ0n) is 7.23. The Labute approximate surface area is 62.7 Å². The summed E-state index contributed by atoms with van der Waals surface area (Å²) in [6, 6.07) is 0.